The van der Waals surface area contributed by atoms with E-state index >= 15 is 0 Å². The second-order valence-electron chi connectivity index (χ2n) is 7.90. The number of fused-ring (bicyclic) bond motifs is 3. The Hall–Kier alpha value is -2.43. The van der Waals surface area contributed by atoms with E-state index in [-0.39, 0.29) is 0 Å². The minimum absolute atomic E-state index is 0.559. The zero-order chi connectivity index (χ0) is 20.7. The predicted octanol–water partition coefficient (Wildman–Crippen LogP) is 3.50. The van der Waals surface area contributed by atoms with Crippen LogP contribution in [-0.4, -0.2) is 51.8 Å². The molecular weight excluding hydrogens is 416 g/mol. The van der Waals surface area contributed by atoms with Gasteiger partial charge in [-0.25, -0.2) is 15.0 Å². The van der Waals surface area contributed by atoms with Crippen LogP contribution < -0.4 is 15.6 Å². The molecule has 0 amide bonds. The van der Waals surface area contributed by atoms with E-state index in [1.807, 2.05) is 6.92 Å². The Labute approximate surface area is 183 Å². The van der Waals surface area contributed by atoms with Crippen LogP contribution in [0.4, 0.5) is 5.13 Å². The fourth-order valence-electron chi connectivity index (χ4n) is 4.25. The largest absolute Gasteiger partial charge is 0.348 e. The smallest absolute Gasteiger partial charge is 0.188 e. The molecule has 0 saturated carbocycles. The minimum atomic E-state index is 0.559. The molecule has 2 saturated heterocycles. The number of hydrogen-bond acceptors (Lipinski definition) is 10. The van der Waals surface area contributed by atoms with Crippen LogP contribution in [0.25, 0.3) is 25.9 Å². The molecule has 0 aliphatic carbocycles. The maximum Gasteiger partial charge on any atom is 0.188 e. The highest BCUT2D eigenvalue weighted by atomic mass is 32.1. The van der Waals surface area contributed by atoms with Crippen LogP contribution in [-0.2, 0) is 0 Å². The van der Waals surface area contributed by atoms with E-state index in [2.05, 4.69) is 44.5 Å². The van der Waals surface area contributed by atoms with Gasteiger partial charge in [0.2, 0.25) is 0 Å². The number of nitrogens with one attached hydrogen (secondary N) is 2. The van der Waals surface area contributed by atoms with E-state index in [0.717, 1.165) is 36.8 Å². The van der Waals surface area contributed by atoms with E-state index in [1.54, 1.807) is 41.3 Å². The van der Waals surface area contributed by atoms with Crippen LogP contribution in [0.15, 0.2) is 23.7 Å². The first-order valence-electron chi connectivity index (χ1n) is 10.1. The number of hydrazone groups is 1. The first-order valence-corrected chi connectivity index (χ1v) is 11.7. The van der Waals surface area contributed by atoms with Crippen LogP contribution in [0.5, 0.6) is 0 Å². The molecule has 1 unspecified atom stereocenters. The normalized spacial score (nSPS) is 23.7. The topological polar surface area (TPSA) is 91.2 Å². The second kappa shape index (κ2) is 8.01. The lowest BCUT2D eigenvalue weighted by Crippen LogP contribution is -2.47. The standard InChI is InChI=1S/C20H24N8S2/c1-11(8-24-21-2)15-9-23-16(10-22-15)17-26-18-19(29-17)27-20(30-18)28(3)14-6-12-4-5-13(7-14)25-12/h8-10,12-14,24-25H,2,4-7H2,1,3H3/b11-8+/t12-,13+,14?. The molecule has 2 aliphatic heterocycles. The van der Waals surface area contributed by atoms with Crippen molar-refractivity contribution in [1.82, 2.24) is 30.7 Å². The van der Waals surface area contributed by atoms with Crippen molar-refractivity contribution >= 4 is 49.8 Å². The minimum Gasteiger partial charge on any atom is -0.348 e. The molecule has 2 aliphatic rings. The van der Waals surface area contributed by atoms with Crippen molar-refractivity contribution in [3.63, 3.8) is 0 Å². The summed E-state index contributed by atoms with van der Waals surface area (Å²) in [6, 6.07) is 1.90. The molecule has 10 heteroatoms. The lowest BCUT2D eigenvalue weighted by Gasteiger charge is -2.35. The number of aromatic nitrogens is 4. The summed E-state index contributed by atoms with van der Waals surface area (Å²) >= 11 is 3.24. The lowest BCUT2D eigenvalue weighted by molar-refractivity contribution is 0.354. The third-order valence-corrected chi connectivity index (χ3v) is 8.05. The molecule has 5 rings (SSSR count). The molecule has 2 N–H and O–H groups in total. The van der Waals surface area contributed by atoms with Gasteiger partial charge in [-0.3, -0.25) is 10.4 Å². The molecular formula is C20H24N8S2. The van der Waals surface area contributed by atoms with E-state index in [9.17, 15) is 0 Å². The highest BCUT2D eigenvalue weighted by Gasteiger charge is 2.36. The summed E-state index contributed by atoms with van der Waals surface area (Å²) in [5.74, 6) is 0. The van der Waals surface area contributed by atoms with Gasteiger partial charge in [-0.15, -0.1) is 0 Å². The fourth-order valence-corrected chi connectivity index (χ4v) is 6.28. The Morgan fingerprint density at radius 1 is 1.20 bits per heavy atom. The van der Waals surface area contributed by atoms with Gasteiger partial charge in [-0.05, 0) is 38.2 Å². The zero-order valence-corrected chi connectivity index (χ0v) is 18.6. The summed E-state index contributed by atoms with van der Waals surface area (Å²) in [6.45, 7) is 5.33. The van der Waals surface area contributed by atoms with Crippen LogP contribution in [0.3, 0.4) is 0 Å². The van der Waals surface area contributed by atoms with Gasteiger partial charge in [0.05, 0.1) is 18.1 Å². The van der Waals surface area contributed by atoms with Crippen LogP contribution in [0.2, 0.25) is 0 Å². The van der Waals surface area contributed by atoms with Gasteiger partial charge in [0, 0.05) is 38.1 Å². The van der Waals surface area contributed by atoms with Gasteiger partial charge >= 0.3 is 0 Å². The molecule has 3 aromatic rings. The Bertz CT molecular complexity index is 1040. The third kappa shape index (κ3) is 3.70. The predicted molar refractivity (Wildman–Crippen MR) is 124 cm³/mol. The Kier molecular flexibility index (Phi) is 5.21. The maximum absolute atomic E-state index is 4.88. The average Bonchev–Trinajstić information content (AvgIpc) is 3.44. The SMILES string of the molecule is C=NN/C=C(\C)c1cnc(-c2nc3sc(N(C)C4C[C@H]5CC[C@@H](C4)N5)nc3s2)cn1. The van der Waals surface area contributed by atoms with Gasteiger partial charge in [0.1, 0.15) is 10.7 Å². The van der Waals surface area contributed by atoms with Crippen LogP contribution in [0, 0.1) is 0 Å². The van der Waals surface area contributed by atoms with E-state index in [0.29, 0.717) is 18.1 Å². The molecule has 2 fully saturated rings. The van der Waals surface area contributed by atoms with E-state index < -0.39 is 0 Å². The average molecular weight is 441 g/mol. The molecule has 3 atom stereocenters. The molecule has 30 heavy (non-hydrogen) atoms. The number of anilines is 1. The molecule has 156 valence electrons. The van der Waals surface area contributed by atoms with Crippen molar-refractivity contribution in [3.05, 3.63) is 24.3 Å². The molecule has 5 heterocycles. The van der Waals surface area contributed by atoms with Crippen LogP contribution in [0.1, 0.15) is 38.3 Å². The second-order valence-corrected chi connectivity index (χ2v) is 9.83. The number of nitrogens with zero attached hydrogens (tertiary/aromatic N) is 6. The first-order chi connectivity index (χ1) is 14.6. The molecule has 2 bridgehead atoms. The van der Waals surface area contributed by atoms with Gasteiger partial charge in [0.15, 0.2) is 14.8 Å². The summed E-state index contributed by atoms with van der Waals surface area (Å²) in [7, 11) is 2.18. The first kappa shape index (κ1) is 19.5. The molecule has 8 nitrogen and oxygen atoms in total. The lowest BCUT2D eigenvalue weighted by atomic mass is 9.99. The molecule has 0 aromatic carbocycles. The van der Waals surface area contributed by atoms with Crippen molar-refractivity contribution in [1.29, 1.82) is 0 Å². The van der Waals surface area contributed by atoms with Gasteiger partial charge in [-0.1, -0.05) is 22.7 Å². The molecule has 3 aromatic heterocycles. The van der Waals surface area contributed by atoms with Crippen molar-refractivity contribution < 1.29 is 0 Å². The molecule has 0 radical (unpaired) electrons. The highest BCUT2D eigenvalue weighted by molar-refractivity contribution is 7.29. The molecule has 0 spiro atoms. The van der Waals surface area contributed by atoms with Gasteiger partial charge in [-0.2, -0.15) is 5.10 Å². The van der Waals surface area contributed by atoms with E-state index in [1.165, 1.54) is 25.7 Å². The quantitative estimate of drug-likeness (QED) is 0.448. The monoisotopic (exact) mass is 440 g/mol. The van der Waals surface area contributed by atoms with E-state index in [4.69, 9.17) is 9.97 Å². The summed E-state index contributed by atoms with van der Waals surface area (Å²) in [4.78, 5) is 23.0. The summed E-state index contributed by atoms with van der Waals surface area (Å²) in [5.41, 5.74) is 5.19. The number of hydrogen-bond donors (Lipinski definition) is 2. The Balaban J connectivity index is 1.33. The van der Waals surface area contributed by atoms with Crippen molar-refractivity contribution in [2.75, 3.05) is 11.9 Å². The van der Waals surface area contributed by atoms with Crippen LogP contribution >= 0.6 is 22.7 Å². The maximum atomic E-state index is 4.88. The number of rotatable bonds is 6. The Morgan fingerprint density at radius 3 is 2.63 bits per heavy atom. The van der Waals surface area contributed by atoms with Crippen molar-refractivity contribution in [3.8, 4) is 10.7 Å². The number of piperidine rings is 1. The summed E-state index contributed by atoms with van der Waals surface area (Å²) in [5, 5.41) is 9.23. The number of allylic oxidation sites excluding steroid dienone is 1. The fraction of sp³-hybridized carbons (Fsp3) is 0.450. The summed E-state index contributed by atoms with van der Waals surface area (Å²) < 4.78 is 0. The van der Waals surface area contributed by atoms with Crippen molar-refractivity contribution in [2.24, 2.45) is 5.10 Å². The highest BCUT2D eigenvalue weighted by Crippen LogP contribution is 2.38. The third-order valence-electron chi connectivity index (χ3n) is 5.91. The van der Waals surface area contributed by atoms with Gasteiger partial charge < -0.3 is 10.2 Å². The summed E-state index contributed by atoms with van der Waals surface area (Å²) in [6.07, 6.45) is 10.3. The zero-order valence-electron chi connectivity index (χ0n) is 17.0. The van der Waals surface area contributed by atoms with Crippen molar-refractivity contribution in [2.45, 2.75) is 50.7 Å². The Morgan fingerprint density at radius 2 is 1.97 bits per heavy atom. The van der Waals surface area contributed by atoms with Gasteiger partial charge in [0.25, 0.3) is 0 Å². The number of thiazole rings is 2.